The van der Waals surface area contributed by atoms with E-state index in [-0.39, 0.29) is 17.4 Å². The highest BCUT2D eigenvalue weighted by atomic mass is 16.2. The van der Waals surface area contributed by atoms with E-state index in [4.69, 9.17) is 5.73 Å². The second-order valence-corrected chi connectivity index (χ2v) is 7.41. The summed E-state index contributed by atoms with van der Waals surface area (Å²) in [5.74, 6) is 0.913. The summed E-state index contributed by atoms with van der Waals surface area (Å²) in [5.41, 5.74) is 8.37. The first-order valence-corrected chi connectivity index (χ1v) is 8.80. The van der Waals surface area contributed by atoms with E-state index >= 15 is 0 Å². The fraction of sp³-hybridized carbons (Fsp3) is 0.381. The van der Waals surface area contributed by atoms with Crippen LogP contribution in [0.5, 0.6) is 0 Å². The van der Waals surface area contributed by atoms with Crippen molar-refractivity contribution in [2.24, 2.45) is 17.1 Å². The van der Waals surface area contributed by atoms with Crippen molar-refractivity contribution in [2.45, 2.75) is 38.4 Å². The van der Waals surface area contributed by atoms with Crippen molar-refractivity contribution in [3.05, 3.63) is 71.8 Å². The third kappa shape index (κ3) is 2.63. The Balaban J connectivity index is 1.59. The Morgan fingerprint density at radius 2 is 1.46 bits per heavy atom. The van der Waals surface area contributed by atoms with Crippen LogP contribution in [0.25, 0.3) is 0 Å². The molecule has 0 aromatic heterocycles. The monoisotopic (exact) mass is 320 g/mol. The number of amides is 1. The molecule has 3 aliphatic rings. The Bertz CT molecular complexity index is 666. The predicted octanol–water partition coefficient (Wildman–Crippen LogP) is 3.34. The minimum atomic E-state index is -0.297. The molecule has 5 rings (SSSR count). The summed E-state index contributed by atoms with van der Waals surface area (Å²) in [6, 6.07) is 20.5. The largest absolute Gasteiger partial charge is 0.334 e. The van der Waals surface area contributed by atoms with Gasteiger partial charge in [0.2, 0.25) is 5.91 Å². The summed E-state index contributed by atoms with van der Waals surface area (Å²) in [6.45, 7) is 1.29. The number of nitrogens with zero attached hydrogens (tertiary/aromatic N) is 1. The average Bonchev–Trinajstić information content (AvgIpc) is 3.08. The predicted molar refractivity (Wildman–Crippen MR) is 94.9 cm³/mol. The van der Waals surface area contributed by atoms with E-state index in [1.165, 1.54) is 11.1 Å². The van der Waals surface area contributed by atoms with Crippen LogP contribution in [-0.4, -0.2) is 16.8 Å². The lowest BCUT2D eigenvalue weighted by molar-refractivity contribution is -0.148. The molecule has 2 aromatic rings. The quantitative estimate of drug-likeness (QED) is 0.918. The molecule has 3 saturated carbocycles. The fourth-order valence-electron chi connectivity index (χ4n) is 4.48. The van der Waals surface area contributed by atoms with Crippen LogP contribution in [-0.2, 0) is 17.9 Å². The summed E-state index contributed by atoms with van der Waals surface area (Å²) >= 11 is 0. The Morgan fingerprint density at radius 3 is 1.88 bits per heavy atom. The normalized spacial score (nSPS) is 27.5. The van der Waals surface area contributed by atoms with Crippen LogP contribution in [0, 0.1) is 11.3 Å². The standard InChI is InChI=1S/C21H24N2O/c22-19-11-18-12-21(19,13-18)20(24)23(14-16-7-3-1-4-8-16)15-17-9-5-2-6-10-17/h1-10,18-19H,11-15,22H2. The SMILES string of the molecule is NC1CC2CC1(C(=O)N(Cc1ccccc1)Cc1ccccc1)C2. The van der Waals surface area contributed by atoms with Gasteiger partial charge in [0, 0.05) is 19.1 Å². The van der Waals surface area contributed by atoms with E-state index in [1.807, 2.05) is 41.3 Å². The van der Waals surface area contributed by atoms with Crippen LogP contribution in [0.15, 0.2) is 60.7 Å². The van der Waals surface area contributed by atoms with Gasteiger partial charge in [0.05, 0.1) is 5.41 Å². The number of fused-ring (bicyclic) bond motifs is 1. The lowest BCUT2D eigenvalue weighted by Crippen LogP contribution is -2.52. The summed E-state index contributed by atoms with van der Waals surface area (Å²) in [7, 11) is 0. The first-order chi connectivity index (χ1) is 11.7. The number of nitrogens with two attached hydrogens (primary N) is 1. The molecule has 124 valence electrons. The van der Waals surface area contributed by atoms with E-state index in [2.05, 4.69) is 24.3 Å². The maximum atomic E-state index is 13.4. The molecule has 3 fully saturated rings. The van der Waals surface area contributed by atoms with Gasteiger partial charge in [0.25, 0.3) is 0 Å². The number of hydrogen-bond donors (Lipinski definition) is 1. The van der Waals surface area contributed by atoms with Gasteiger partial charge < -0.3 is 10.6 Å². The van der Waals surface area contributed by atoms with Crippen LogP contribution in [0.3, 0.4) is 0 Å². The summed E-state index contributed by atoms with van der Waals surface area (Å²) in [5, 5.41) is 0. The molecule has 1 unspecified atom stereocenters. The van der Waals surface area contributed by atoms with Crippen molar-refractivity contribution in [3.8, 4) is 0 Å². The Hall–Kier alpha value is -2.13. The molecular weight excluding hydrogens is 296 g/mol. The van der Waals surface area contributed by atoms with Gasteiger partial charge in [-0.15, -0.1) is 0 Å². The molecule has 3 nitrogen and oxygen atoms in total. The zero-order chi connectivity index (χ0) is 16.6. The van der Waals surface area contributed by atoms with Crippen LogP contribution in [0.2, 0.25) is 0 Å². The molecule has 2 bridgehead atoms. The highest BCUT2D eigenvalue weighted by Gasteiger charge is 2.61. The Kier molecular flexibility index (Phi) is 3.89. The molecule has 0 aliphatic heterocycles. The molecule has 24 heavy (non-hydrogen) atoms. The number of carbonyl (C=O) groups excluding carboxylic acids is 1. The topological polar surface area (TPSA) is 46.3 Å². The number of benzene rings is 2. The van der Waals surface area contributed by atoms with Crippen molar-refractivity contribution in [1.29, 1.82) is 0 Å². The van der Waals surface area contributed by atoms with E-state index < -0.39 is 0 Å². The molecule has 3 aliphatic carbocycles. The minimum Gasteiger partial charge on any atom is -0.334 e. The van der Waals surface area contributed by atoms with Gasteiger partial charge in [-0.05, 0) is 36.3 Å². The van der Waals surface area contributed by atoms with Gasteiger partial charge in [-0.3, -0.25) is 4.79 Å². The van der Waals surface area contributed by atoms with Crippen molar-refractivity contribution >= 4 is 5.91 Å². The number of hydrogen-bond acceptors (Lipinski definition) is 2. The summed E-state index contributed by atoms with van der Waals surface area (Å²) in [6.07, 6.45) is 2.97. The van der Waals surface area contributed by atoms with E-state index in [0.717, 1.165) is 19.3 Å². The maximum absolute atomic E-state index is 13.4. The second-order valence-electron chi connectivity index (χ2n) is 7.41. The van der Waals surface area contributed by atoms with Crippen molar-refractivity contribution < 1.29 is 4.79 Å². The highest BCUT2D eigenvalue weighted by Crippen LogP contribution is 2.59. The van der Waals surface area contributed by atoms with Crippen LogP contribution in [0.4, 0.5) is 0 Å². The molecule has 0 radical (unpaired) electrons. The Morgan fingerprint density at radius 1 is 0.958 bits per heavy atom. The van der Waals surface area contributed by atoms with E-state index in [9.17, 15) is 4.79 Å². The van der Waals surface area contributed by atoms with Gasteiger partial charge in [-0.25, -0.2) is 0 Å². The lowest BCUT2D eigenvalue weighted by atomic mass is 9.67. The minimum absolute atomic E-state index is 0.0315. The van der Waals surface area contributed by atoms with Gasteiger partial charge in [0.1, 0.15) is 0 Å². The van der Waals surface area contributed by atoms with E-state index in [0.29, 0.717) is 19.0 Å². The van der Waals surface area contributed by atoms with Gasteiger partial charge in [-0.2, -0.15) is 0 Å². The molecule has 3 heteroatoms. The average molecular weight is 320 g/mol. The molecule has 2 aromatic carbocycles. The fourth-order valence-corrected chi connectivity index (χ4v) is 4.48. The molecule has 2 N–H and O–H groups in total. The number of carbonyl (C=O) groups is 1. The summed E-state index contributed by atoms with van der Waals surface area (Å²) < 4.78 is 0. The first kappa shape index (κ1) is 15.4. The third-order valence-electron chi connectivity index (χ3n) is 5.75. The van der Waals surface area contributed by atoms with Crippen molar-refractivity contribution in [3.63, 3.8) is 0 Å². The lowest BCUT2D eigenvalue weighted by Gasteiger charge is -2.42. The van der Waals surface area contributed by atoms with Crippen molar-refractivity contribution in [2.75, 3.05) is 0 Å². The van der Waals surface area contributed by atoms with Gasteiger partial charge >= 0.3 is 0 Å². The van der Waals surface area contributed by atoms with Gasteiger partial charge in [-0.1, -0.05) is 60.7 Å². The first-order valence-electron chi connectivity index (χ1n) is 8.80. The molecule has 0 heterocycles. The summed E-state index contributed by atoms with van der Waals surface area (Å²) in [4.78, 5) is 15.4. The van der Waals surface area contributed by atoms with Crippen LogP contribution in [0.1, 0.15) is 30.4 Å². The van der Waals surface area contributed by atoms with E-state index in [1.54, 1.807) is 0 Å². The zero-order valence-electron chi connectivity index (χ0n) is 13.9. The van der Waals surface area contributed by atoms with Gasteiger partial charge in [0.15, 0.2) is 0 Å². The maximum Gasteiger partial charge on any atom is 0.230 e. The molecule has 1 atom stereocenters. The smallest absolute Gasteiger partial charge is 0.230 e. The third-order valence-corrected chi connectivity index (χ3v) is 5.75. The van der Waals surface area contributed by atoms with Crippen LogP contribution >= 0.6 is 0 Å². The molecule has 0 saturated heterocycles. The molecular formula is C21H24N2O. The Labute approximate surface area is 143 Å². The zero-order valence-corrected chi connectivity index (χ0v) is 13.9. The second kappa shape index (κ2) is 6.06. The molecule has 1 amide bonds. The van der Waals surface area contributed by atoms with Crippen LogP contribution < -0.4 is 5.73 Å². The highest BCUT2D eigenvalue weighted by molar-refractivity contribution is 5.85. The molecule has 0 spiro atoms. The number of rotatable bonds is 5. The van der Waals surface area contributed by atoms with Crippen molar-refractivity contribution in [1.82, 2.24) is 4.90 Å².